The van der Waals surface area contributed by atoms with Crippen LogP contribution >= 0.6 is 24.8 Å². The van der Waals surface area contributed by atoms with Gasteiger partial charge in [0.25, 0.3) is 0 Å². The van der Waals surface area contributed by atoms with Crippen LogP contribution in [0.5, 0.6) is 0 Å². The first-order valence-electron chi connectivity index (χ1n) is 3.32. The van der Waals surface area contributed by atoms with Crippen LogP contribution in [-0.4, -0.2) is 6.88 Å². The zero-order valence-corrected chi connectivity index (χ0v) is 13.9. The van der Waals surface area contributed by atoms with Crippen molar-refractivity contribution in [3.8, 4) is 0 Å². The normalized spacial score (nSPS) is 6.33. The molecule has 0 aromatic heterocycles. The summed E-state index contributed by atoms with van der Waals surface area (Å²) >= 11 is 1.36. The predicted octanol–water partition coefficient (Wildman–Crippen LogP) is 3.92. The third-order valence-corrected chi connectivity index (χ3v) is 1.55. The maximum atomic E-state index is 3.06. The second-order valence-corrected chi connectivity index (χ2v) is 2.15. The van der Waals surface area contributed by atoms with E-state index in [0.717, 1.165) is 0 Å². The Bertz CT molecular complexity index is 306. The van der Waals surface area contributed by atoms with Gasteiger partial charge < -0.3 is 14.9 Å². The Morgan fingerprint density at radius 3 is 2.00 bits per heavy atom. The molecule has 0 saturated carbocycles. The molecule has 0 amide bonds. The van der Waals surface area contributed by atoms with Crippen molar-refractivity contribution in [3.63, 3.8) is 0 Å². The Hall–Kier alpha value is 0.510. The van der Waals surface area contributed by atoms with Crippen molar-refractivity contribution in [2.24, 2.45) is 0 Å². The molecule has 0 saturated heterocycles. The molecular weight excluding hydrogens is 322 g/mol. The molecule has 0 atom stereocenters. The second kappa shape index (κ2) is 14.5. The van der Waals surface area contributed by atoms with E-state index in [2.05, 4.69) is 49.3 Å². The van der Waals surface area contributed by atoms with Crippen molar-refractivity contribution in [2.75, 3.05) is 0 Å². The number of benzene rings is 1. The number of fused-ring (bicyclic) bond motifs is 1. The van der Waals surface area contributed by atoms with Crippen LogP contribution in [0.2, 0.25) is 0 Å². The van der Waals surface area contributed by atoms with Crippen molar-refractivity contribution in [1.82, 2.24) is 0 Å². The van der Waals surface area contributed by atoms with Crippen LogP contribution in [0.3, 0.4) is 0 Å². The summed E-state index contributed by atoms with van der Waals surface area (Å²) in [7, 11) is 0. The van der Waals surface area contributed by atoms with Gasteiger partial charge in [0.2, 0.25) is 0 Å². The summed E-state index contributed by atoms with van der Waals surface area (Å²) in [6, 6.07) is 14.7. The molecule has 0 N–H and O–H groups in total. The Morgan fingerprint density at radius 2 is 1.47 bits per heavy atom. The zero-order chi connectivity index (χ0) is 8.10. The minimum atomic E-state index is 0. The van der Waals surface area contributed by atoms with E-state index in [1.807, 2.05) is 0 Å². The molecule has 0 fully saturated rings. The first-order valence-corrected chi connectivity index (χ1v) is 7.51. The molecule has 15 heavy (non-hydrogen) atoms. The maximum absolute atomic E-state index is 3.06. The molecule has 0 aliphatic heterocycles. The molecule has 0 heterocycles. The van der Waals surface area contributed by atoms with Crippen LogP contribution in [0, 0.1) is 14.9 Å². The molecule has 0 bridgehead atoms. The van der Waals surface area contributed by atoms with Crippen molar-refractivity contribution in [3.05, 3.63) is 57.3 Å². The summed E-state index contributed by atoms with van der Waals surface area (Å²) in [4.78, 5) is 0. The molecule has 0 nitrogen and oxygen atoms in total. The molecule has 0 aliphatic rings. The topological polar surface area (TPSA) is 0 Å². The Morgan fingerprint density at radius 1 is 0.933 bits per heavy atom. The monoisotopic (exact) mass is 335 g/mol. The standard InChI is InChI=1S/C9H7.2CH3.2ClH.Si.Zr/c1-2-5-9-7-3-6-8(9)4-1;;;;;;/h1-7H;2*1H3;2*1H;;/q3*-1;;;;. The third-order valence-electron chi connectivity index (χ3n) is 1.55. The molecule has 2 aromatic rings. The SMILES string of the molecule is Cl.Cl.[CH3-].[CH3-].[Si]=[Zr].c1ccc2[cH-]ccc2c1. The summed E-state index contributed by atoms with van der Waals surface area (Å²) in [6.45, 7) is 3.06. The van der Waals surface area contributed by atoms with E-state index in [4.69, 9.17) is 0 Å². The number of halogens is 2. The van der Waals surface area contributed by atoms with E-state index in [1.165, 1.54) is 34.1 Å². The van der Waals surface area contributed by atoms with Gasteiger partial charge in [0.1, 0.15) is 0 Å². The number of rotatable bonds is 0. The molecule has 2 aromatic carbocycles. The fourth-order valence-corrected chi connectivity index (χ4v) is 1.07. The largest absolute Gasteiger partial charge is 0.168 e. The molecule has 0 aliphatic carbocycles. The van der Waals surface area contributed by atoms with E-state index in [0.29, 0.717) is 0 Å². The second-order valence-electron chi connectivity index (χ2n) is 2.15. The predicted molar refractivity (Wildman–Crippen MR) is 72.6 cm³/mol. The van der Waals surface area contributed by atoms with Gasteiger partial charge in [0.05, 0.1) is 0 Å². The summed E-state index contributed by atoms with van der Waals surface area (Å²) in [5, 5.41) is 2.66. The van der Waals surface area contributed by atoms with Gasteiger partial charge in [-0.3, -0.25) is 0 Å². The Labute approximate surface area is 122 Å². The summed E-state index contributed by atoms with van der Waals surface area (Å²) in [5.74, 6) is 0. The van der Waals surface area contributed by atoms with Crippen molar-refractivity contribution < 1.29 is 23.3 Å². The van der Waals surface area contributed by atoms with Gasteiger partial charge in [0.15, 0.2) is 0 Å². The van der Waals surface area contributed by atoms with Gasteiger partial charge in [-0.1, -0.05) is 6.07 Å². The summed E-state index contributed by atoms with van der Waals surface area (Å²) in [5.41, 5.74) is 0. The van der Waals surface area contributed by atoms with Crippen LogP contribution in [0.25, 0.3) is 10.8 Å². The molecule has 84 valence electrons. The summed E-state index contributed by atoms with van der Waals surface area (Å²) in [6.07, 6.45) is 0. The molecule has 0 unspecified atom stereocenters. The number of hydrogen-bond acceptors (Lipinski definition) is 0. The molecule has 0 spiro atoms. The van der Waals surface area contributed by atoms with E-state index in [9.17, 15) is 0 Å². The quantitative estimate of drug-likeness (QED) is 0.505. The Kier molecular flexibility index (Phi) is 23.8. The average molecular weight is 337 g/mol. The van der Waals surface area contributed by atoms with Crippen LogP contribution in [0.1, 0.15) is 0 Å². The van der Waals surface area contributed by atoms with E-state index < -0.39 is 0 Å². The first-order chi connectivity index (χ1) is 5.47. The molecule has 4 heteroatoms. The average Bonchev–Trinajstić information content (AvgIpc) is 2.55. The van der Waals surface area contributed by atoms with Crippen molar-refractivity contribution in [2.45, 2.75) is 0 Å². The van der Waals surface area contributed by atoms with Gasteiger partial charge in [-0.05, 0) is 0 Å². The fraction of sp³-hybridized carbons (Fsp3) is 0. The molecule has 2 rings (SSSR count). The minimum Gasteiger partial charge on any atom is -0.168 e. The minimum absolute atomic E-state index is 0. The van der Waals surface area contributed by atoms with Crippen molar-refractivity contribution in [1.29, 1.82) is 0 Å². The van der Waals surface area contributed by atoms with Crippen LogP contribution < -0.4 is 0 Å². The van der Waals surface area contributed by atoms with Gasteiger partial charge in [-0.15, -0.1) is 54.5 Å². The van der Waals surface area contributed by atoms with Crippen LogP contribution in [0.4, 0.5) is 0 Å². The Balaban J connectivity index is -0.0000000959. The molecular formula is C11H15Cl2SiZr-3. The van der Waals surface area contributed by atoms with Gasteiger partial charge in [0, 0.05) is 0 Å². The van der Waals surface area contributed by atoms with E-state index in [-0.39, 0.29) is 39.7 Å². The van der Waals surface area contributed by atoms with Gasteiger partial charge in [-0.25, -0.2) is 0 Å². The van der Waals surface area contributed by atoms with Gasteiger partial charge in [-0.2, -0.15) is 17.5 Å². The van der Waals surface area contributed by atoms with Crippen LogP contribution in [0.15, 0.2) is 42.5 Å². The van der Waals surface area contributed by atoms with Gasteiger partial charge >= 0.3 is 30.2 Å². The fourth-order valence-electron chi connectivity index (χ4n) is 1.07. The van der Waals surface area contributed by atoms with E-state index in [1.54, 1.807) is 0 Å². The van der Waals surface area contributed by atoms with Crippen LogP contribution in [-0.2, 0) is 23.3 Å². The maximum Gasteiger partial charge on any atom is -0.0809 e. The summed E-state index contributed by atoms with van der Waals surface area (Å²) < 4.78 is 0. The first kappa shape index (κ1) is 24.6. The number of hydrogen-bond donors (Lipinski definition) is 0. The third kappa shape index (κ3) is 7.41. The van der Waals surface area contributed by atoms with E-state index >= 15 is 0 Å². The molecule has 2 radical (unpaired) electrons. The van der Waals surface area contributed by atoms with Crippen molar-refractivity contribution >= 4 is 42.5 Å². The zero-order valence-electron chi connectivity index (χ0n) is 8.86. The smallest absolute Gasteiger partial charge is 0.0809 e.